The molecule has 1 fully saturated rings. The largest absolute Gasteiger partial charge is 0.378 e. The van der Waals surface area contributed by atoms with Crippen LogP contribution in [0.4, 0.5) is 5.69 Å². The average molecular weight is 287 g/mol. The minimum absolute atomic E-state index is 0.0494. The lowest BCUT2D eigenvalue weighted by Gasteiger charge is -2.23. The summed E-state index contributed by atoms with van der Waals surface area (Å²) < 4.78 is 6.99. The van der Waals surface area contributed by atoms with Crippen LogP contribution >= 0.6 is 0 Å². The SMILES string of the molecule is O=C(CC1COCCN1)Nc1ccc(-n2cccn2)nc1. The van der Waals surface area contributed by atoms with Crippen molar-refractivity contribution in [3.05, 3.63) is 36.8 Å². The molecular formula is C14H17N5O2. The van der Waals surface area contributed by atoms with Gasteiger partial charge in [0, 0.05) is 31.4 Å². The number of anilines is 1. The monoisotopic (exact) mass is 287 g/mol. The summed E-state index contributed by atoms with van der Waals surface area (Å²) in [5, 5.41) is 10.2. The number of amides is 1. The molecule has 2 N–H and O–H groups in total. The van der Waals surface area contributed by atoms with Crippen LogP contribution in [-0.4, -0.2) is 46.5 Å². The van der Waals surface area contributed by atoms with Gasteiger partial charge in [-0.1, -0.05) is 0 Å². The molecule has 0 spiro atoms. The Balaban J connectivity index is 1.56. The molecule has 0 radical (unpaired) electrons. The van der Waals surface area contributed by atoms with Gasteiger partial charge in [-0.05, 0) is 18.2 Å². The molecule has 2 aromatic heterocycles. The number of rotatable bonds is 4. The number of hydrogen-bond acceptors (Lipinski definition) is 5. The average Bonchev–Trinajstić information content (AvgIpc) is 3.03. The Kier molecular flexibility index (Phi) is 4.23. The van der Waals surface area contributed by atoms with E-state index >= 15 is 0 Å². The summed E-state index contributed by atoms with van der Waals surface area (Å²) >= 11 is 0. The van der Waals surface area contributed by atoms with E-state index in [2.05, 4.69) is 20.7 Å². The molecule has 0 aliphatic carbocycles. The van der Waals surface area contributed by atoms with Crippen molar-refractivity contribution in [3.8, 4) is 5.82 Å². The van der Waals surface area contributed by atoms with Gasteiger partial charge in [0.05, 0.1) is 25.1 Å². The highest BCUT2D eigenvalue weighted by Crippen LogP contribution is 2.10. The summed E-state index contributed by atoms with van der Waals surface area (Å²) in [6, 6.07) is 5.53. The van der Waals surface area contributed by atoms with Gasteiger partial charge in [0.1, 0.15) is 0 Å². The third kappa shape index (κ3) is 3.65. The standard InChI is InChI=1S/C14H17N5O2/c20-14(8-12-10-21-7-5-15-12)18-11-2-3-13(16-9-11)19-6-1-4-17-19/h1-4,6,9,12,15H,5,7-8,10H2,(H,18,20). The Hall–Kier alpha value is -2.25. The number of ether oxygens (including phenoxy) is 1. The summed E-state index contributed by atoms with van der Waals surface area (Å²) in [5.74, 6) is 0.659. The van der Waals surface area contributed by atoms with Gasteiger partial charge in [-0.3, -0.25) is 4.79 Å². The molecule has 3 heterocycles. The summed E-state index contributed by atoms with van der Waals surface area (Å²) in [6.45, 7) is 2.07. The molecule has 0 bridgehead atoms. The quantitative estimate of drug-likeness (QED) is 0.860. The van der Waals surface area contributed by atoms with Gasteiger partial charge in [0.25, 0.3) is 0 Å². The molecule has 7 nitrogen and oxygen atoms in total. The Morgan fingerprint density at radius 3 is 3.14 bits per heavy atom. The fraction of sp³-hybridized carbons (Fsp3) is 0.357. The third-order valence-electron chi connectivity index (χ3n) is 3.20. The van der Waals surface area contributed by atoms with Crippen molar-refractivity contribution in [1.82, 2.24) is 20.1 Å². The van der Waals surface area contributed by atoms with E-state index in [9.17, 15) is 4.79 Å². The molecule has 0 aromatic carbocycles. The minimum atomic E-state index is -0.0494. The topological polar surface area (TPSA) is 81.1 Å². The van der Waals surface area contributed by atoms with Crippen LogP contribution in [0.1, 0.15) is 6.42 Å². The van der Waals surface area contributed by atoms with E-state index in [1.54, 1.807) is 17.1 Å². The number of carbonyl (C=O) groups is 1. The first kappa shape index (κ1) is 13.7. The second-order valence-corrected chi connectivity index (χ2v) is 4.83. The number of aromatic nitrogens is 3. The third-order valence-corrected chi connectivity index (χ3v) is 3.20. The first-order valence-electron chi connectivity index (χ1n) is 6.88. The van der Waals surface area contributed by atoms with Crippen molar-refractivity contribution in [2.24, 2.45) is 0 Å². The van der Waals surface area contributed by atoms with Crippen molar-refractivity contribution in [2.45, 2.75) is 12.5 Å². The summed E-state index contributed by atoms with van der Waals surface area (Å²) in [6.07, 6.45) is 5.52. The smallest absolute Gasteiger partial charge is 0.226 e. The molecule has 1 aliphatic rings. The Labute approximate surface area is 122 Å². The van der Waals surface area contributed by atoms with E-state index in [0.29, 0.717) is 31.1 Å². The van der Waals surface area contributed by atoms with E-state index in [4.69, 9.17) is 4.74 Å². The van der Waals surface area contributed by atoms with E-state index in [-0.39, 0.29) is 11.9 Å². The molecule has 1 amide bonds. The number of nitrogens with one attached hydrogen (secondary N) is 2. The second-order valence-electron chi connectivity index (χ2n) is 4.83. The van der Waals surface area contributed by atoms with Gasteiger partial charge in [-0.15, -0.1) is 0 Å². The molecule has 3 rings (SSSR count). The predicted molar refractivity (Wildman–Crippen MR) is 77.2 cm³/mol. The van der Waals surface area contributed by atoms with Crippen LogP contribution in [0, 0.1) is 0 Å². The lowest BCUT2D eigenvalue weighted by Crippen LogP contribution is -2.43. The van der Waals surface area contributed by atoms with Crippen LogP contribution in [0.15, 0.2) is 36.8 Å². The number of hydrogen-bond donors (Lipinski definition) is 2. The first-order chi connectivity index (χ1) is 10.3. The molecule has 7 heteroatoms. The lowest BCUT2D eigenvalue weighted by molar-refractivity contribution is -0.117. The van der Waals surface area contributed by atoms with Crippen LogP contribution in [0.3, 0.4) is 0 Å². The van der Waals surface area contributed by atoms with Gasteiger partial charge in [0.15, 0.2) is 5.82 Å². The normalized spacial score (nSPS) is 18.4. The van der Waals surface area contributed by atoms with Gasteiger partial charge < -0.3 is 15.4 Å². The number of carbonyl (C=O) groups excluding carboxylic acids is 1. The van der Waals surface area contributed by atoms with Crippen molar-refractivity contribution < 1.29 is 9.53 Å². The van der Waals surface area contributed by atoms with Crippen molar-refractivity contribution >= 4 is 11.6 Å². The Bertz CT molecular complexity index is 576. The van der Waals surface area contributed by atoms with Crippen molar-refractivity contribution in [2.75, 3.05) is 25.1 Å². The molecule has 21 heavy (non-hydrogen) atoms. The minimum Gasteiger partial charge on any atom is -0.378 e. The van der Waals surface area contributed by atoms with Crippen LogP contribution in [-0.2, 0) is 9.53 Å². The van der Waals surface area contributed by atoms with Gasteiger partial charge in [-0.2, -0.15) is 5.10 Å². The Morgan fingerprint density at radius 1 is 1.52 bits per heavy atom. The zero-order chi connectivity index (χ0) is 14.5. The maximum atomic E-state index is 11.9. The van der Waals surface area contributed by atoms with Gasteiger partial charge >= 0.3 is 0 Å². The molecule has 2 aromatic rings. The van der Waals surface area contributed by atoms with E-state index in [0.717, 1.165) is 6.54 Å². The van der Waals surface area contributed by atoms with Crippen molar-refractivity contribution in [1.29, 1.82) is 0 Å². The van der Waals surface area contributed by atoms with E-state index in [1.165, 1.54) is 0 Å². The van der Waals surface area contributed by atoms with Crippen LogP contribution in [0.5, 0.6) is 0 Å². The van der Waals surface area contributed by atoms with Crippen LogP contribution in [0.2, 0.25) is 0 Å². The number of morpholine rings is 1. The molecule has 110 valence electrons. The highest BCUT2D eigenvalue weighted by molar-refractivity contribution is 5.90. The fourth-order valence-corrected chi connectivity index (χ4v) is 2.19. The second kappa shape index (κ2) is 6.47. The zero-order valence-electron chi connectivity index (χ0n) is 11.5. The van der Waals surface area contributed by atoms with Crippen LogP contribution in [0.25, 0.3) is 5.82 Å². The highest BCUT2D eigenvalue weighted by atomic mass is 16.5. The van der Waals surface area contributed by atoms with E-state index in [1.807, 2.05) is 24.4 Å². The summed E-state index contributed by atoms with van der Waals surface area (Å²) in [4.78, 5) is 16.2. The maximum Gasteiger partial charge on any atom is 0.226 e. The Morgan fingerprint density at radius 2 is 2.48 bits per heavy atom. The van der Waals surface area contributed by atoms with Crippen molar-refractivity contribution in [3.63, 3.8) is 0 Å². The van der Waals surface area contributed by atoms with Gasteiger partial charge in [-0.25, -0.2) is 9.67 Å². The molecule has 1 atom stereocenters. The molecule has 1 aliphatic heterocycles. The van der Waals surface area contributed by atoms with Gasteiger partial charge in [0.2, 0.25) is 5.91 Å². The molecule has 1 unspecified atom stereocenters. The molecule has 1 saturated heterocycles. The summed E-state index contributed by atoms with van der Waals surface area (Å²) in [5.41, 5.74) is 0.674. The number of pyridine rings is 1. The predicted octanol–water partition coefficient (Wildman–Crippen LogP) is 0.584. The zero-order valence-corrected chi connectivity index (χ0v) is 11.5. The molecule has 0 saturated carbocycles. The maximum absolute atomic E-state index is 11.9. The highest BCUT2D eigenvalue weighted by Gasteiger charge is 2.16. The van der Waals surface area contributed by atoms with Crippen LogP contribution < -0.4 is 10.6 Å². The number of nitrogens with zero attached hydrogens (tertiary/aromatic N) is 3. The molecular weight excluding hydrogens is 270 g/mol. The first-order valence-corrected chi connectivity index (χ1v) is 6.88. The van der Waals surface area contributed by atoms with E-state index < -0.39 is 0 Å². The summed E-state index contributed by atoms with van der Waals surface area (Å²) in [7, 11) is 0. The fourth-order valence-electron chi connectivity index (χ4n) is 2.19. The lowest BCUT2D eigenvalue weighted by atomic mass is 10.2.